The fourth-order valence-electron chi connectivity index (χ4n) is 3.64. The van der Waals surface area contributed by atoms with Crippen molar-refractivity contribution in [3.8, 4) is 0 Å². The minimum absolute atomic E-state index is 0.119. The predicted molar refractivity (Wildman–Crippen MR) is 109 cm³/mol. The molecule has 1 N–H and O–H groups in total. The molecule has 27 heavy (non-hydrogen) atoms. The summed E-state index contributed by atoms with van der Waals surface area (Å²) in [5.41, 5.74) is 3.41. The Morgan fingerprint density at radius 1 is 1.00 bits per heavy atom. The van der Waals surface area contributed by atoms with Crippen LogP contribution in [0, 0.1) is 0 Å². The van der Waals surface area contributed by atoms with Gasteiger partial charge in [-0.1, -0.05) is 43.3 Å². The van der Waals surface area contributed by atoms with E-state index in [1.807, 2.05) is 72.5 Å². The minimum Gasteiger partial charge on any atom is -0.322 e. The van der Waals surface area contributed by atoms with Gasteiger partial charge in [-0.3, -0.25) is 9.59 Å². The number of anilines is 2. The number of hydrogen-bond donors (Lipinski definition) is 1. The summed E-state index contributed by atoms with van der Waals surface area (Å²) in [7, 11) is 0. The van der Waals surface area contributed by atoms with Crippen LogP contribution >= 0.6 is 0 Å². The first kappa shape index (κ1) is 17.3. The quantitative estimate of drug-likeness (QED) is 0.732. The number of carbonyl (C=O) groups excluding carboxylic acids is 2. The van der Waals surface area contributed by atoms with E-state index in [-0.39, 0.29) is 11.8 Å². The molecule has 3 aromatic carbocycles. The van der Waals surface area contributed by atoms with Gasteiger partial charge in [-0.05, 0) is 53.4 Å². The highest BCUT2D eigenvalue weighted by Crippen LogP contribution is 2.31. The Morgan fingerprint density at radius 3 is 2.63 bits per heavy atom. The summed E-state index contributed by atoms with van der Waals surface area (Å²) in [6.45, 7) is 2.61. The van der Waals surface area contributed by atoms with E-state index in [2.05, 4.69) is 5.32 Å². The van der Waals surface area contributed by atoms with Crippen molar-refractivity contribution in [1.82, 2.24) is 0 Å². The molecule has 0 saturated carbocycles. The van der Waals surface area contributed by atoms with Crippen LogP contribution in [0.25, 0.3) is 10.8 Å². The van der Waals surface area contributed by atoms with Crippen molar-refractivity contribution in [2.45, 2.75) is 26.2 Å². The summed E-state index contributed by atoms with van der Waals surface area (Å²) < 4.78 is 0. The summed E-state index contributed by atoms with van der Waals surface area (Å²) in [6.07, 6.45) is 2.41. The zero-order valence-corrected chi connectivity index (χ0v) is 15.4. The van der Waals surface area contributed by atoms with Crippen LogP contribution in [0.15, 0.2) is 60.7 Å². The van der Waals surface area contributed by atoms with Gasteiger partial charge in [0.15, 0.2) is 0 Å². The summed E-state index contributed by atoms with van der Waals surface area (Å²) in [4.78, 5) is 26.8. The maximum Gasteiger partial charge on any atom is 0.255 e. The number of benzene rings is 3. The van der Waals surface area contributed by atoms with Crippen LogP contribution in [0.5, 0.6) is 0 Å². The fourth-order valence-corrected chi connectivity index (χ4v) is 3.64. The van der Waals surface area contributed by atoms with Gasteiger partial charge in [0.1, 0.15) is 0 Å². The van der Waals surface area contributed by atoms with Gasteiger partial charge in [0.25, 0.3) is 5.91 Å². The smallest absolute Gasteiger partial charge is 0.255 e. The SMILES string of the molecule is CCC(=O)N1CCCc2ccc(NC(=O)c3ccc4ccccc4c3)cc21. The fraction of sp³-hybridized carbons (Fsp3) is 0.217. The summed E-state index contributed by atoms with van der Waals surface area (Å²) in [6, 6.07) is 19.5. The molecule has 2 amide bonds. The number of amides is 2. The van der Waals surface area contributed by atoms with E-state index in [1.165, 1.54) is 0 Å². The van der Waals surface area contributed by atoms with Crippen LogP contribution < -0.4 is 10.2 Å². The molecule has 3 aromatic rings. The second-order valence-electron chi connectivity index (χ2n) is 6.86. The summed E-state index contributed by atoms with van der Waals surface area (Å²) in [5, 5.41) is 5.12. The number of rotatable bonds is 3. The Kier molecular flexibility index (Phi) is 4.63. The van der Waals surface area contributed by atoms with Gasteiger partial charge < -0.3 is 10.2 Å². The van der Waals surface area contributed by atoms with Crippen molar-refractivity contribution in [3.05, 3.63) is 71.8 Å². The molecule has 0 aromatic heterocycles. The Labute approximate surface area is 158 Å². The van der Waals surface area contributed by atoms with Gasteiger partial charge >= 0.3 is 0 Å². The second-order valence-corrected chi connectivity index (χ2v) is 6.86. The molecular formula is C23H22N2O2. The Morgan fingerprint density at radius 2 is 1.81 bits per heavy atom. The van der Waals surface area contributed by atoms with Crippen molar-refractivity contribution in [2.24, 2.45) is 0 Å². The molecule has 0 radical (unpaired) electrons. The molecule has 0 saturated heterocycles. The van der Waals surface area contributed by atoms with Crippen LogP contribution in [0.2, 0.25) is 0 Å². The van der Waals surface area contributed by atoms with Crippen molar-refractivity contribution >= 4 is 34.0 Å². The third kappa shape index (κ3) is 3.43. The molecule has 0 unspecified atom stereocenters. The molecule has 0 aliphatic carbocycles. The van der Waals surface area contributed by atoms with Crippen LogP contribution in [-0.4, -0.2) is 18.4 Å². The normalized spacial score (nSPS) is 13.3. The van der Waals surface area contributed by atoms with Gasteiger partial charge in [0.05, 0.1) is 0 Å². The zero-order valence-electron chi connectivity index (χ0n) is 15.4. The molecule has 0 bridgehead atoms. The van der Waals surface area contributed by atoms with E-state index in [0.29, 0.717) is 17.7 Å². The molecule has 0 fully saturated rings. The molecule has 4 heteroatoms. The number of fused-ring (bicyclic) bond motifs is 2. The first-order valence-electron chi connectivity index (χ1n) is 9.39. The highest BCUT2D eigenvalue weighted by Gasteiger charge is 2.22. The number of nitrogens with zero attached hydrogens (tertiary/aromatic N) is 1. The Balaban J connectivity index is 1.60. The number of hydrogen-bond acceptors (Lipinski definition) is 2. The first-order chi connectivity index (χ1) is 13.2. The lowest BCUT2D eigenvalue weighted by atomic mass is 10.0. The number of carbonyl (C=O) groups is 2. The highest BCUT2D eigenvalue weighted by molar-refractivity contribution is 6.07. The van der Waals surface area contributed by atoms with Gasteiger partial charge in [0.2, 0.25) is 5.91 Å². The van der Waals surface area contributed by atoms with E-state index in [1.54, 1.807) is 0 Å². The lowest BCUT2D eigenvalue weighted by Gasteiger charge is -2.29. The molecule has 4 rings (SSSR count). The van der Waals surface area contributed by atoms with Crippen LogP contribution in [0.4, 0.5) is 11.4 Å². The number of aryl methyl sites for hydroxylation is 1. The van der Waals surface area contributed by atoms with Crippen molar-refractivity contribution < 1.29 is 9.59 Å². The Bertz CT molecular complexity index is 1030. The van der Waals surface area contributed by atoms with E-state index in [4.69, 9.17) is 0 Å². The third-order valence-electron chi connectivity index (χ3n) is 5.08. The summed E-state index contributed by atoms with van der Waals surface area (Å²) in [5.74, 6) is -0.0289. The molecule has 1 heterocycles. The van der Waals surface area contributed by atoms with Gasteiger partial charge in [-0.25, -0.2) is 0 Å². The lowest BCUT2D eigenvalue weighted by Crippen LogP contribution is -2.35. The van der Waals surface area contributed by atoms with E-state index < -0.39 is 0 Å². The average Bonchev–Trinajstić information content (AvgIpc) is 2.72. The highest BCUT2D eigenvalue weighted by atomic mass is 16.2. The monoisotopic (exact) mass is 358 g/mol. The maximum atomic E-state index is 12.7. The first-order valence-corrected chi connectivity index (χ1v) is 9.39. The van der Waals surface area contributed by atoms with Crippen molar-refractivity contribution in [3.63, 3.8) is 0 Å². The third-order valence-corrected chi connectivity index (χ3v) is 5.08. The van der Waals surface area contributed by atoms with Crippen LogP contribution in [0.3, 0.4) is 0 Å². The van der Waals surface area contributed by atoms with Gasteiger partial charge in [-0.15, -0.1) is 0 Å². The lowest BCUT2D eigenvalue weighted by molar-refractivity contribution is -0.118. The van der Waals surface area contributed by atoms with Crippen LogP contribution in [-0.2, 0) is 11.2 Å². The molecule has 136 valence electrons. The van der Waals surface area contributed by atoms with Crippen molar-refractivity contribution in [1.29, 1.82) is 0 Å². The molecule has 1 aliphatic heterocycles. The second kappa shape index (κ2) is 7.23. The molecular weight excluding hydrogens is 336 g/mol. The van der Waals surface area contributed by atoms with E-state index in [9.17, 15) is 9.59 Å². The minimum atomic E-state index is -0.148. The Hall–Kier alpha value is -3.14. The predicted octanol–water partition coefficient (Wildman–Crippen LogP) is 4.78. The molecule has 0 atom stereocenters. The zero-order chi connectivity index (χ0) is 18.8. The van der Waals surface area contributed by atoms with Gasteiger partial charge in [0, 0.05) is 29.9 Å². The average molecular weight is 358 g/mol. The van der Waals surface area contributed by atoms with E-state index >= 15 is 0 Å². The van der Waals surface area contributed by atoms with Crippen LogP contribution in [0.1, 0.15) is 35.7 Å². The largest absolute Gasteiger partial charge is 0.322 e. The van der Waals surface area contributed by atoms with Crippen molar-refractivity contribution in [2.75, 3.05) is 16.8 Å². The van der Waals surface area contributed by atoms with E-state index in [0.717, 1.165) is 41.4 Å². The number of nitrogens with one attached hydrogen (secondary N) is 1. The topological polar surface area (TPSA) is 49.4 Å². The molecule has 1 aliphatic rings. The molecule has 4 nitrogen and oxygen atoms in total. The van der Waals surface area contributed by atoms with Gasteiger partial charge in [-0.2, -0.15) is 0 Å². The standard InChI is InChI=1S/C23H22N2O2/c1-2-22(26)25-13-5-8-17-11-12-20(15-21(17)25)24-23(27)19-10-9-16-6-3-4-7-18(16)14-19/h3-4,6-7,9-12,14-15H,2,5,8,13H2,1H3,(H,24,27). The molecule has 0 spiro atoms. The maximum absolute atomic E-state index is 12.7. The summed E-state index contributed by atoms with van der Waals surface area (Å²) >= 11 is 0.